The van der Waals surface area contributed by atoms with Gasteiger partial charge in [0.15, 0.2) is 6.61 Å². The zero-order valence-corrected chi connectivity index (χ0v) is 14.0. The van der Waals surface area contributed by atoms with Crippen molar-refractivity contribution in [2.24, 2.45) is 0 Å². The van der Waals surface area contributed by atoms with Crippen LogP contribution >= 0.6 is 11.6 Å². The Labute approximate surface area is 146 Å². The lowest BCUT2D eigenvalue weighted by Crippen LogP contribution is -2.34. The number of likely N-dealkylation sites (N-methyl/N-ethyl adjacent to an activating group) is 1. The number of nitriles is 1. The molecule has 0 unspecified atom stereocenters. The maximum absolute atomic E-state index is 12.0. The minimum absolute atomic E-state index is 0.0699. The van der Waals surface area contributed by atoms with Gasteiger partial charge in [-0.25, -0.2) is 0 Å². The van der Waals surface area contributed by atoms with Crippen molar-refractivity contribution in [1.82, 2.24) is 4.90 Å². The number of carbonyl (C=O) groups excluding carboxylic acids is 1. The molecule has 0 aliphatic heterocycles. The third-order valence-electron chi connectivity index (χ3n) is 3.26. The van der Waals surface area contributed by atoms with Crippen molar-refractivity contribution < 1.29 is 14.3 Å². The number of carbonyl (C=O) groups is 1. The van der Waals surface area contributed by atoms with Crippen molar-refractivity contribution in [3.63, 3.8) is 0 Å². The van der Waals surface area contributed by atoms with E-state index in [1.165, 1.54) is 4.90 Å². The Morgan fingerprint density at radius 2 is 1.92 bits per heavy atom. The van der Waals surface area contributed by atoms with Crippen molar-refractivity contribution in [2.45, 2.75) is 0 Å². The summed E-state index contributed by atoms with van der Waals surface area (Å²) in [5.74, 6) is 1.05. The summed E-state index contributed by atoms with van der Waals surface area (Å²) in [6.07, 6.45) is 0. The quantitative estimate of drug-likeness (QED) is 0.774. The van der Waals surface area contributed by atoms with Crippen LogP contribution < -0.4 is 9.47 Å². The van der Waals surface area contributed by atoms with Crippen LogP contribution in [0.1, 0.15) is 5.56 Å². The van der Waals surface area contributed by atoms with Gasteiger partial charge in [-0.3, -0.25) is 4.79 Å². The third-order valence-corrected chi connectivity index (χ3v) is 3.50. The predicted octanol–water partition coefficient (Wildman–Crippen LogP) is 3.13. The minimum atomic E-state index is -0.158. The predicted molar refractivity (Wildman–Crippen MR) is 91.2 cm³/mol. The molecule has 24 heavy (non-hydrogen) atoms. The normalized spacial score (nSPS) is 9.88. The van der Waals surface area contributed by atoms with Crippen LogP contribution in [0.15, 0.2) is 48.5 Å². The molecule has 0 saturated heterocycles. The zero-order chi connectivity index (χ0) is 17.4. The van der Waals surface area contributed by atoms with Crippen LogP contribution in [0.5, 0.6) is 11.5 Å². The molecule has 0 radical (unpaired) electrons. The van der Waals surface area contributed by atoms with Gasteiger partial charge in [0.25, 0.3) is 5.91 Å². The third kappa shape index (κ3) is 5.49. The van der Waals surface area contributed by atoms with Crippen molar-refractivity contribution >= 4 is 17.5 Å². The number of hydrogen-bond donors (Lipinski definition) is 0. The highest BCUT2D eigenvalue weighted by molar-refractivity contribution is 6.30. The van der Waals surface area contributed by atoms with Gasteiger partial charge in [0, 0.05) is 12.1 Å². The highest BCUT2D eigenvalue weighted by Crippen LogP contribution is 2.17. The summed E-state index contributed by atoms with van der Waals surface area (Å²) in [5, 5.41) is 9.33. The van der Waals surface area contributed by atoms with E-state index in [1.807, 2.05) is 12.1 Å². The maximum atomic E-state index is 12.0. The number of ether oxygens (including phenoxy) is 2. The van der Waals surface area contributed by atoms with E-state index in [0.717, 1.165) is 0 Å². The van der Waals surface area contributed by atoms with Crippen LogP contribution in [-0.2, 0) is 4.79 Å². The Kier molecular flexibility index (Phi) is 6.47. The Morgan fingerprint density at radius 1 is 1.17 bits per heavy atom. The molecule has 0 heterocycles. The van der Waals surface area contributed by atoms with E-state index >= 15 is 0 Å². The second kappa shape index (κ2) is 8.80. The van der Waals surface area contributed by atoms with E-state index in [-0.39, 0.29) is 12.5 Å². The zero-order valence-electron chi connectivity index (χ0n) is 13.2. The van der Waals surface area contributed by atoms with Gasteiger partial charge in [-0.2, -0.15) is 5.26 Å². The van der Waals surface area contributed by atoms with E-state index in [4.69, 9.17) is 26.3 Å². The molecule has 5 nitrogen and oxygen atoms in total. The van der Waals surface area contributed by atoms with Crippen LogP contribution in [0, 0.1) is 11.3 Å². The first kappa shape index (κ1) is 17.6. The number of rotatable bonds is 7. The van der Waals surface area contributed by atoms with Gasteiger partial charge >= 0.3 is 0 Å². The number of benzene rings is 2. The van der Waals surface area contributed by atoms with Gasteiger partial charge < -0.3 is 14.4 Å². The first-order chi connectivity index (χ1) is 11.6. The monoisotopic (exact) mass is 344 g/mol. The molecule has 2 rings (SSSR count). The fourth-order valence-corrected chi connectivity index (χ4v) is 2.04. The largest absolute Gasteiger partial charge is 0.492 e. The lowest BCUT2D eigenvalue weighted by atomic mass is 10.2. The molecule has 124 valence electrons. The molecule has 0 saturated carbocycles. The Balaban J connectivity index is 1.72. The summed E-state index contributed by atoms with van der Waals surface area (Å²) in [7, 11) is 1.69. The summed E-state index contributed by atoms with van der Waals surface area (Å²) >= 11 is 5.88. The second-order valence-electron chi connectivity index (χ2n) is 5.05. The van der Waals surface area contributed by atoms with Gasteiger partial charge in [-0.1, -0.05) is 17.7 Å². The average molecular weight is 345 g/mol. The molecule has 2 aromatic rings. The number of nitrogens with zero attached hydrogens (tertiary/aromatic N) is 2. The van der Waals surface area contributed by atoms with Crippen LogP contribution in [0.3, 0.4) is 0 Å². The molecule has 0 aromatic heterocycles. The smallest absolute Gasteiger partial charge is 0.260 e. The van der Waals surface area contributed by atoms with E-state index in [2.05, 4.69) is 0 Å². The lowest BCUT2D eigenvalue weighted by molar-refractivity contribution is -0.132. The van der Waals surface area contributed by atoms with Crippen LogP contribution in [-0.4, -0.2) is 37.6 Å². The summed E-state index contributed by atoms with van der Waals surface area (Å²) in [6, 6.07) is 15.7. The molecule has 1 amide bonds. The first-order valence-electron chi connectivity index (χ1n) is 7.34. The molecule has 0 atom stereocenters. The van der Waals surface area contributed by atoms with Gasteiger partial charge in [0.2, 0.25) is 0 Å². The molecule has 2 aromatic carbocycles. The van der Waals surface area contributed by atoms with Crippen LogP contribution in [0.25, 0.3) is 0 Å². The van der Waals surface area contributed by atoms with E-state index in [1.54, 1.807) is 49.5 Å². The van der Waals surface area contributed by atoms with Crippen LogP contribution in [0.4, 0.5) is 0 Å². The van der Waals surface area contributed by atoms with E-state index < -0.39 is 0 Å². The SMILES string of the molecule is CN(CCOc1cccc(Cl)c1)C(=O)COc1ccc(C#N)cc1. The summed E-state index contributed by atoms with van der Waals surface area (Å²) in [6.45, 7) is 0.723. The molecular weight excluding hydrogens is 328 g/mol. The van der Waals surface area contributed by atoms with Crippen molar-refractivity contribution in [3.05, 3.63) is 59.1 Å². The maximum Gasteiger partial charge on any atom is 0.260 e. The van der Waals surface area contributed by atoms with Crippen LogP contribution in [0.2, 0.25) is 5.02 Å². The summed E-state index contributed by atoms with van der Waals surface area (Å²) < 4.78 is 11.0. The molecule has 0 bridgehead atoms. The lowest BCUT2D eigenvalue weighted by Gasteiger charge is -2.18. The standard InChI is InChI=1S/C18H17ClN2O3/c1-21(9-10-23-17-4-2-3-15(19)11-17)18(22)13-24-16-7-5-14(12-20)6-8-16/h2-8,11H,9-10,13H2,1H3. The Morgan fingerprint density at radius 3 is 2.58 bits per heavy atom. The van der Waals surface area contributed by atoms with Gasteiger partial charge in [-0.05, 0) is 42.5 Å². The topological polar surface area (TPSA) is 62.6 Å². The number of amides is 1. The minimum Gasteiger partial charge on any atom is -0.492 e. The molecule has 0 N–H and O–H groups in total. The highest BCUT2D eigenvalue weighted by Gasteiger charge is 2.10. The highest BCUT2D eigenvalue weighted by atomic mass is 35.5. The Bertz CT molecular complexity index is 726. The van der Waals surface area contributed by atoms with Gasteiger partial charge in [-0.15, -0.1) is 0 Å². The van der Waals surface area contributed by atoms with E-state index in [0.29, 0.717) is 35.2 Å². The van der Waals surface area contributed by atoms with Crippen molar-refractivity contribution in [3.8, 4) is 17.6 Å². The van der Waals surface area contributed by atoms with Gasteiger partial charge in [0.1, 0.15) is 18.1 Å². The fraction of sp³-hybridized carbons (Fsp3) is 0.222. The summed E-state index contributed by atoms with van der Waals surface area (Å²) in [4.78, 5) is 13.5. The summed E-state index contributed by atoms with van der Waals surface area (Å²) in [5.41, 5.74) is 0.545. The Hall–Kier alpha value is -2.71. The number of halogens is 1. The molecule has 0 aliphatic rings. The van der Waals surface area contributed by atoms with E-state index in [9.17, 15) is 4.79 Å². The first-order valence-corrected chi connectivity index (χ1v) is 7.71. The molecule has 0 fully saturated rings. The molecular formula is C18H17ClN2O3. The van der Waals surface area contributed by atoms with Gasteiger partial charge in [0.05, 0.1) is 18.2 Å². The van der Waals surface area contributed by atoms with Crippen molar-refractivity contribution in [1.29, 1.82) is 5.26 Å². The number of hydrogen-bond acceptors (Lipinski definition) is 4. The van der Waals surface area contributed by atoms with Crippen molar-refractivity contribution in [2.75, 3.05) is 26.8 Å². The molecule has 0 spiro atoms. The average Bonchev–Trinajstić information content (AvgIpc) is 2.60. The fourth-order valence-electron chi connectivity index (χ4n) is 1.86. The molecule has 0 aliphatic carbocycles. The molecule has 6 heteroatoms. The second-order valence-corrected chi connectivity index (χ2v) is 5.48.